The first-order chi connectivity index (χ1) is 15.1. The van der Waals surface area contributed by atoms with Gasteiger partial charge in [-0.2, -0.15) is 10.2 Å². The maximum Gasteiger partial charge on any atom is 0.103 e. The molecule has 1 aromatic carbocycles. The van der Waals surface area contributed by atoms with Crippen LogP contribution in [0.25, 0.3) is 16.6 Å². The summed E-state index contributed by atoms with van der Waals surface area (Å²) >= 11 is 6.73. The fourth-order valence-corrected chi connectivity index (χ4v) is 5.88. The SMILES string of the molecule is C[C@@]1(N2CCN(c3cc4c(cnn4-c4cnn(C56CC5C6)c4)cc3Cl)CC2)CCOC1. The molecular weight excluding hydrogens is 412 g/mol. The van der Waals surface area contributed by atoms with Gasteiger partial charge in [0.2, 0.25) is 0 Å². The molecule has 0 amide bonds. The highest BCUT2D eigenvalue weighted by Crippen LogP contribution is 2.72. The van der Waals surface area contributed by atoms with Gasteiger partial charge in [-0.15, -0.1) is 0 Å². The summed E-state index contributed by atoms with van der Waals surface area (Å²) in [5.41, 5.74) is 3.72. The maximum atomic E-state index is 6.73. The van der Waals surface area contributed by atoms with E-state index in [2.05, 4.69) is 49.9 Å². The van der Waals surface area contributed by atoms with E-state index in [0.717, 1.165) is 79.0 Å². The molecule has 162 valence electrons. The zero-order valence-electron chi connectivity index (χ0n) is 17.8. The average molecular weight is 439 g/mol. The van der Waals surface area contributed by atoms with Crippen LogP contribution in [0.1, 0.15) is 26.2 Å². The number of anilines is 1. The monoisotopic (exact) mass is 438 g/mol. The number of hydrogen-bond acceptors (Lipinski definition) is 5. The van der Waals surface area contributed by atoms with Crippen LogP contribution in [-0.4, -0.2) is 69.4 Å². The van der Waals surface area contributed by atoms with Crippen LogP contribution in [0.3, 0.4) is 0 Å². The second kappa shape index (κ2) is 6.24. The Bertz CT molecular complexity index is 1160. The molecule has 3 aromatic rings. The van der Waals surface area contributed by atoms with Crippen LogP contribution in [0.4, 0.5) is 5.69 Å². The molecule has 4 aliphatic rings. The number of piperazine rings is 1. The lowest BCUT2D eigenvalue weighted by atomic mass is 9.98. The third-order valence-corrected chi connectivity index (χ3v) is 8.43. The molecule has 0 unspecified atom stereocenters. The third kappa shape index (κ3) is 2.73. The summed E-state index contributed by atoms with van der Waals surface area (Å²) in [4.78, 5) is 5.00. The third-order valence-electron chi connectivity index (χ3n) is 8.13. The number of benzene rings is 1. The molecule has 4 fully saturated rings. The van der Waals surface area contributed by atoms with Crippen molar-refractivity contribution in [1.82, 2.24) is 24.5 Å². The fraction of sp³-hybridized carbons (Fsp3) is 0.565. The standard InChI is InChI=1S/C23H27ClN6O/c1-22(2-7-31-15-22)28-5-3-27(4-6-28)21-9-20-16(8-19(21)24)12-26-30(20)18-13-25-29(14-18)23-10-17(23)11-23/h8-9,12-14,17H,2-7,10-11,15H2,1H3/t17?,22-,23?/m1/s1. The zero-order chi connectivity index (χ0) is 20.8. The van der Waals surface area contributed by atoms with Crippen LogP contribution in [0.15, 0.2) is 30.7 Å². The second-order valence-corrected chi connectivity index (χ2v) is 10.5. The van der Waals surface area contributed by atoms with Crippen molar-refractivity contribution in [2.45, 2.75) is 37.3 Å². The second-order valence-electron chi connectivity index (χ2n) is 10.0. The molecule has 2 aliphatic carbocycles. The lowest BCUT2D eigenvalue weighted by Gasteiger charge is -2.44. The minimum Gasteiger partial charge on any atom is -0.379 e. The Morgan fingerprint density at radius 2 is 1.90 bits per heavy atom. The number of halogens is 1. The highest BCUT2D eigenvalue weighted by molar-refractivity contribution is 6.34. The summed E-state index contributed by atoms with van der Waals surface area (Å²) in [6.07, 6.45) is 9.67. The molecule has 4 heterocycles. The molecule has 7 nitrogen and oxygen atoms in total. The van der Waals surface area contributed by atoms with Gasteiger partial charge >= 0.3 is 0 Å². The van der Waals surface area contributed by atoms with E-state index in [0.29, 0.717) is 5.54 Å². The van der Waals surface area contributed by atoms with E-state index in [-0.39, 0.29) is 5.54 Å². The van der Waals surface area contributed by atoms with E-state index in [1.807, 2.05) is 17.1 Å². The van der Waals surface area contributed by atoms with Crippen molar-refractivity contribution in [3.8, 4) is 5.69 Å². The number of hydrogen-bond donors (Lipinski definition) is 0. The smallest absolute Gasteiger partial charge is 0.103 e. The Hall–Kier alpha value is -2.09. The molecule has 1 atom stereocenters. The van der Waals surface area contributed by atoms with Gasteiger partial charge in [-0.05, 0) is 44.2 Å². The zero-order valence-corrected chi connectivity index (χ0v) is 18.6. The van der Waals surface area contributed by atoms with Crippen molar-refractivity contribution < 1.29 is 4.74 Å². The lowest BCUT2D eigenvalue weighted by Crippen LogP contribution is -2.56. The van der Waals surface area contributed by atoms with Crippen molar-refractivity contribution in [1.29, 1.82) is 0 Å². The number of aromatic nitrogens is 4. The van der Waals surface area contributed by atoms with Crippen LogP contribution in [-0.2, 0) is 10.3 Å². The van der Waals surface area contributed by atoms with Gasteiger partial charge in [-0.25, -0.2) is 4.68 Å². The molecule has 0 N–H and O–H groups in total. The van der Waals surface area contributed by atoms with Crippen molar-refractivity contribution >= 4 is 28.2 Å². The fourth-order valence-electron chi connectivity index (χ4n) is 5.59. The summed E-state index contributed by atoms with van der Waals surface area (Å²) < 4.78 is 9.83. The normalized spacial score (nSPS) is 32.6. The summed E-state index contributed by atoms with van der Waals surface area (Å²) in [6.45, 7) is 8.05. The molecule has 2 saturated heterocycles. The van der Waals surface area contributed by atoms with Crippen molar-refractivity contribution in [3.63, 3.8) is 0 Å². The predicted molar refractivity (Wildman–Crippen MR) is 120 cm³/mol. The molecule has 0 bridgehead atoms. The molecule has 31 heavy (non-hydrogen) atoms. The number of nitrogens with zero attached hydrogens (tertiary/aromatic N) is 6. The van der Waals surface area contributed by atoms with E-state index in [1.165, 1.54) is 12.8 Å². The molecule has 2 aromatic heterocycles. The van der Waals surface area contributed by atoms with Crippen LogP contribution >= 0.6 is 11.6 Å². The van der Waals surface area contributed by atoms with Crippen LogP contribution < -0.4 is 4.90 Å². The molecule has 2 saturated carbocycles. The van der Waals surface area contributed by atoms with E-state index >= 15 is 0 Å². The molecule has 8 heteroatoms. The average Bonchev–Trinajstić information content (AvgIpc) is 3.33. The quantitative estimate of drug-likeness (QED) is 0.625. The Balaban J connectivity index is 1.17. The molecular formula is C23H27ClN6O. The van der Waals surface area contributed by atoms with Crippen molar-refractivity contribution in [2.75, 3.05) is 44.3 Å². The highest BCUT2D eigenvalue weighted by Gasteiger charge is 2.72. The highest BCUT2D eigenvalue weighted by atomic mass is 35.5. The number of ether oxygens (including phenoxy) is 1. The van der Waals surface area contributed by atoms with Gasteiger partial charge in [0.05, 0.1) is 47.0 Å². The largest absolute Gasteiger partial charge is 0.379 e. The Morgan fingerprint density at radius 1 is 1.10 bits per heavy atom. The topological polar surface area (TPSA) is 51.3 Å². The van der Waals surface area contributed by atoms with E-state index in [9.17, 15) is 0 Å². The van der Waals surface area contributed by atoms with Gasteiger partial charge in [0.1, 0.15) is 5.69 Å². The van der Waals surface area contributed by atoms with Crippen LogP contribution in [0.2, 0.25) is 5.02 Å². The molecule has 0 spiro atoms. The van der Waals surface area contributed by atoms with Gasteiger partial charge in [0.15, 0.2) is 0 Å². The van der Waals surface area contributed by atoms with Gasteiger partial charge in [0, 0.05) is 43.7 Å². The van der Waals surface area contributed by atoms with Crippen LogP contribution in [0, 0.1) is 5.92 Å². The van der Waals surface area contributed by atoms with Crippen LogP contribution in [0.5, 0.6) is 0 Å². The molecule has 2 aliphatic heterocycles. The van der Waals surface area contributed by atoms with E-state index in [1.54, 1.807) is 0 Å². The maximum absolute atomic E-state index is 6.73. The van der Waals surface area contributed by atoms with Gasteiger partial charge in [-0.3, -0.25) is 9.58 Å². The van der Waals surface area contributed by atoms with E-state index in [4.69, 9.17) is 16.3 Å². The van der Waals surface area contributed by atoms with Gasteiger partial charge < -0.3 is 9.64 Å². The minimum atomic E-state index is 0.181. The summed E-state index contributed by atoms with van der Waals surface area (Å²) in [6, 6.07) is 4.25. The number of fused-ring (bicyclic) bond motifs is 2. The minimum absolute atomic E-state index is 0.181. The van der Waals surface area contributed by atoms with Gasteiger partial charge in [0.25, 0.3) is 0 Å². The molecule has 0 radical (unpaired) electrons. The lowest BCUT2D eigenvalue weighted by molar-refractivity contribution is 0.0745. The summed E-state index contributed by atoms with van der Waals surface area (Å²) in [5.74, 6) is 0.858. The van der Waals surface area contributed by atoms with E-state index < -0.39 is 0 Å². The number of rotatable bonds is 4. The predicted octanol–water partition coefficient (Wildman–Crippen LogP) is 3.30. The summed E-state index contributed by atoms with van der Waals surface area (Å²) in [5, 5.41) is 11.2. The Labute approximate surface area is 186 Å². The first kappa shape index (κ1) is 18.5. The Kier molecular flexibility index (Phi) is 3.72. The first-order valence-electron chi connectivity index (χ1n) is 11.4. The van der Waals surface area contributed by atoms with Crippen molar-refractivity contribution in [3.05, 3.63) is 35.7 Å². The van der Waals surface area contributed by atoms with Gasteiger partial charge in [-0.1, -0.05) is 11.6 Å². The first-order valence-corrected chi connectivity index (χ1v) is 11.7. The van der Waals surface area contributed by atoms with Crippen molar-refractivity contribution in [2.24, 2.45) is 5.92 Å². The Morgan fingerprint density at radius 3 is 2.61 bits per heavy atom. The summed E-state index contributed by atoms with van der Waals surface area (Å²) in [7, 11) is 0. The molecule has 7 rings (SSSR count).